The number of piperazine rings is 1. The van der Waals surface area contributed by atoms with Crippen molar-refractivity contribution in [3.63, 3.8) is 0 Å². The minimum atomic E-state index is -3.54. The number of carbonyl (C=O) groups is 1. The fourth-order valence-corrected chi connectivity index (χ4v) is 5.60. The Bertz CT molecular complexity index is 1020. The maximum absolute atomic E-state index is 13.0. The molecule has 0 radical (unpaired) electrons. The summed E-state index contributed by atoms with van der Waals surface area (Å²) in [6, 6.07) is 5.38. The Kier molecular flexibility index (Phi) is 6.14. The van der Waals surface area contributed by atoms with Crippen LogP contribution in [0.5, 0.6) is 0 Å². The highest BCUT2D eigenvalue weighted by Gasteiger charge is 2.31. The lowest BCUT2D eigenvalue weighted by Crippen LogP contribution is -2.50. The Morgan fingerprint density at radius 1 is 1.07 bits per heavy atom. The number of aromatic nitrogens is 2. The number of rotatable bonds is 5. The quantitative estimate of drug-likeness (QED) is 0.745. The zero-order chi connectivity index (χ0) is 21.3. The molecule has 1 amide bonds. The molecule has 2 heterocycles. The first kappa shape index (κ1) is 21.5. The van der Waals surface area contributed by atoms with Gasteiger partial charge in [0.25, 0.3) is 0 Å². The van der Waals surface area contributed by atoms with E-state index in [1.807, 2.05) is 51.6 Å². The molecule has 1 fully saturated rings. The van der Waals surface area contributed by atoms with Crippen LogP contribution in [0, 0.1) is 27.7 Å². The normalized spacial score (nSPS) is 15.7. The third-order valence-electron chi connectivity index (χ3n) is 5.79. The van der Waals surface area contributed by atoms with Crippen molar-refractivity contribution in [1.82, 2.24) is 19.0 Å². The van der Waals surface area contributed by atoms with E-state index in [0.717, 1.165) is 28.1 Å². The van der Waals surface area contributed by atoms with Crippen LogP contribution < -0.4 is 0 Å². The molecule has 0 spiro atoms. The van der Waals surface area contributed by atoms with Gasteiger partial charge < -0.3 is 4.90 Å². The molecule has 7 nitrogen and oxygen atoms in total. The summed E-state index contributed by atoms with van der Waals surface area (Å²) in [5.41, 5.74) is 4.96. The molecule has 29 heavy (non-hydrogen) atoms. The van der Waals surface area contributed by atoms with Crippen molar-refractivity contribution in [1.29, 1.82) is 0 Å². The fraction of sp³-hybridized carbons (Fsp3) is 0.524. The number of carbonyl (C=O) groups excluding carboxylic acids is 1. The first-order valence-corrected chi connectivity index (χ1v) is 11.4. The maximum Gasteiger partial charge on any atom is 0.243 e. The van der Waals surface area contributed by atoms with E-state index < -0.39 is 10.0 Å². The molecule has 1 aliphatic rings. The second kappa shape index (κ2) is 8.28. The van der Waals surface area contributed by atoms with Crippen LogP contribution in [-0.2, 0) is 28.3 Å². The van der Waals surface area contributed by atoms with Gasteiger partial charge in [0.05, 0.1) is 10.6 Å². The Labute approximate surface area is 173 Å². The molecule has 3 rings (SSSR count). The van der Waals surface area contributed by atoms with E-state index in [4.69, 9.17) is 0 Å². The minimum Gasteiger partial charge on any atom is -0.340 e. The standard InChI is InChI=1S/C21H30N4O3S/c1-15-6-8-20(16(2)14-15)29(27,28)25-12-10-24(11-13-25)21(26)9-7-19-17(3)22-23(5)18(19)4/h6,8,14H,7,9-13H2,1-5H3. The zero-order valence-electron chi connectivity index (χ0n) is 17.9. The molecule has 158 valence electrons. The van der Waals surface area contributed by atoms with E-state index in [-0.39, 0.29) is 5.91 Å². The van der Waals surface area contributed by atoms with Crippen molar-refractivity contribution >= 4 is 15.9 Å². The molecule has 0 unspecified atom stereocenters. The molecule has 1 aliphatic heterocycles. The van der Waals surface area contributed by atoms with E-state index in [9.17, 15) is 13.2 Å². The molecule has 0 aliphatic carbocycles. The summed E-state index contributed by atoms with van der Waals surface area (Å²) < 4.78 is 29.3. The van der Waals surface area contributed by atoms with Crippen molar-refractivity contribution in [3.8, 4) is 0 Å². The van der Waals surface area contributed by atoms with Gasteiger partial charge in [0.1, 0.15) is 0 Å². The van der Waals surface area contributed by atoms with Crippen LogP contribution in [0.15, 0.2) is 23.1 Å². The Balaban J connectivity index is 1.60. The molecule has 0 saturated carbocycles. The lowest BCUT2D eigenvalue weighted by Gasteiger charge is -2.34. The molecule has 8 heteroatoms. The molecule has 0 N–H and O–H groups in total. The van der Waals surface area contributed by atoms with Crippen molar-refractivity contribution in [2.24, 2.45) is 7.05 Å². The summed E-state index contributed by atoms with van der Waals surface area (Å²) in [5.74, 6) is 0.0659. The highest BCUT2D eigenvalue weighted by Crippen LogP contribution is 2.22. The topological polar surface area (TPSA) is 75.5 Å². The first-order valence-electron chi connectivity index (χ1n) is 9.95. The number of sulfonamides is 1. The molecule has 1 aromatic carbocycles. The van der Waals surface area contributed by atoms with Gasteiger partial charge in [-0.15, -0.1) is 0 Å². The molecule has 1 aromatic heterocycles. The lowest BCUT2D eigenvalue weighted by molar-refractivity contribution is -0.132. The van der Waals surface area contributed by atoms with Crippen molar-refractivity contribution in [2.45, 2.75) is 45.4 Å². The second-order valence-electron chi connectivity index (χ2n) is 7.83. The SMILES string of the molecule is Cc1ccc(S(=O)(=O)N2CCN(C(=O)CCc3c(C)nn(C)c3C)CC2)c(C)c1. The van der Waals surface area contributed by atoms with Gasteiger partial charge in [-0.1, -0.05) is 17.7 Å². The van der Waals surface area contributed by atoms with Crippen LogP contribution in [0.3, 0.4) is 0 Å². The minimum absolute atomic E-state index is 0.0659. The van der Waals surface area contributed by atoms with Crippen LogP contribution in [0.1, 0.15) is 34.5 Å². The van der Waals surface area contributed by atoms with Gasteiger partial charge in [0.2, 0.25) is 15.9 Å². The van der Waals surface area contributed by atoms with Gasteiger partial charge in [-0.3, -0.25) is 9.48 Å². The molecular formula is C21H30N4O3S. The number of hydrogen-bond donors (Lipinski definition) is 0. The van der Waals surface area contributed by atoms with Crippen molar-refractivity contribution in [3.05, 3.63) is 46.3 Å². The fourth-order valence-electron chi connectivity index (χ4n) is 3.98. The predicted molar refractivity (Wildman–Crippen MR) is 112 cm³/mol. The number of hydrogen-bond acceptors (Lipinski definition) is 4. The Morgan fingerprint density at radius 3 is 2.28 bits per heavy atom. The summed E-state index contributed by atoms with van der Waals surface area (Å²) in [6.07, 6.45) is 1.07. The largest absolute Gasteiger partial charge is 0.340 e. The van der Waals surface area contributed by atoms with E-state index in [1.54, 1.807) is 11.0 Å². The third kappa shape index (κ3) is 4.38. The smallest absolute Gasteiger partial charge is 0.243 e. The van der Waals surface area contributed by atoms with Crippen LogP contribution in [0.4, 0.5) is 0 Å². The first-order chi connectivity index (χ1) is 13.6. The maximum atomic E-state index is 13.0. The van der Waals surface area contributed by atoms with Crippen LogP contribution in [0.25, 0.3) is 0 Å². The van der Waals surface area contributed by atoms with Crippen LogP contribution in [-0.4, -0.2) is 59.5 Å². The van der Waals surface area contributed by atoms with Gasteiger partial charge in [-0.2, -0.15) is 9.40 Å². The highest BCUT2D eigenvalue weighted by atomic mass is 32.2. The van der Waals surface area contributed by atoms with E-state index in [2.05, 4.69) is 5.10 Å². The molecule has 2 aromatic rings. The molecule has 0 bridgehead atoms. The van der Waals surface area contributed by atoms with Gasteiger partial charge in [-0.25, -0.2) is 8.42 Å². The Morgan fingerprint density at radius 2 is 1.72 bits per heavy atom. The molecule has 1 saturated heterocycles. The summed E-state index contributed by atoms with van der Waals surface area (Å²) >= 11 is 0. The van der Waals surface area contributed by atoms with E-state index in [1.165, 1.54) is 4.31 Å². The highest BCUT2D eigenvalue weighted by molar-refractivity contribution is 7.89. The summed E-state index contributed by atoms with van der Waals surface area (Å²) in [6.45, 7) is 9.24. The average molecular weight is 419 g/mol. The third-order valence-corrected chi connectivity index (χ3v) is 7.85. The second-order valence-corrected chi connectivity index (χ2v) is 9.73. The number of aryl methyl sites for hydroxylation is 4. The molecule has 0 atom stereocenters. The zero-order valence-corrected chi connectivity index (χ0v) is 18.7. The van der Waals surface area contributed by atoms with Crippen molar-refractivity contribution in [2.75, 3.05) is 26.2 Å². The number of amides is 1. The molecular weight excluding hydrogens is 388 g/mol. The monoisotopic (exact) mass is 418 g/mol. The Hall–Kier alpha value is -2.19. The van der Waals surface area contributed by atoms with Crippen molar-refractivity contribution < 1.29 is 13.2 Å². The summed E-state index contributed by atoms with van der Waals surface area (Å²) in [4.78, 5) is 14.8. The van der Waals surface area contributed by atoms with E-state index in [0.29, 0.717) is 43.9 Å². The van der Waals surface area contributed by atoms with Gasteiger partial charge >= 0.3 is 0 Å². The number of nitrogens with zero attached hydrogens (tertiary/aromatic N) is 4. The van der Waals surface area contributed by atoms with E-state index >= 15 is 0 Å². The van der Waals surface area contributed by atoms with Crippen LogP contribution >= 0.6 is 0 Å². The summed E-state index contributed by atoms with van der Waals surface area (Å²) in [7, 11) is -1.63. The number of benzene rings is 1. The van der Waals surface area contributed by atoms with Gasteiger partial charge in [0.15, 0.2) is 0 Å². The summed E-state index contributed by atoms with van der Waals surface area (Å²) in [5, 5.41) is 4.40. The lowest BCUT2D eigenvalue weighted by atomic mass is 10.1. The van der Waals surface area contributed by atoms with Gasteiger partial charge in [0, 0.05) is 45.3 Å². The van der Waals surface area contributed by atoms with Gasteiger partial charge in [-0.05, 0) is 51.3 Å². The van der Waals surface area contributed by atoms with Crippen LogP contribution in [0.2, 0.25) is 0 Å². The predicted octanol–water partition coefficient (Wildman–Crippen LogP) is 2.12. The average Bonchev–Trinajstić information content (AvgIpc) is 2.91.